The van der Waals surface area contributed by atoms with E-state index in [0.717, 1.165) is 51.4 Å². The van der Waals surface area contributed by atoms with Gasteiger partial charge in [-0.25, -0.2) is 4.79 Å². The summed E-state index contributed by atoms with van der Waals surface area (Å²) in [5.74, 6) is -2.12. The van der Waals surface area contributed by atoms with Crippen LogP contribution >= 0.6 is 0 Å². The summed E-state index contributed by atoms with van der Waals surface area (Å²) in [5, 5.41) is 9.64. The molecule has 9 heteroatoms. The van der Waals surface area contributed by atoms with E-state index in [1.807, 2.05) is 33.3 Å². The topological polar surface area (TPSA) is 108 Å². The van der Waals surface area contributed by atoms with Gasteiger partial charge >= 0.3 is 17.9 Å². The summed E-state index contributed by atoms with van der Waals surface area (Å²) >= 11 is 0. The first-order valence-corrected chi connectivity index (χ1v) is 25.1. The number of carbonyl (C=O) groups is 3. The predicted octanol–water partition coefficient (Wildman–Crippen LogP) is 13.9. The van der Waals surface area contributed by atoms with Crippen molar-refractivity contribution in [2.45, 2.75) is 206 Å². The molecule has 0 saturated carbocycles. The molecule has 0 aliphatic carbocycles. The standard InChI is InChI=1S/C54H93NO8/c1-6-8-10-12-14-16-18-20-21-22-23-24-25-26-27-28-29-30-31-33-34-36-38-40-42-44-51(56)61-48-50(49-62-54(53(58)59)60-47-46-55(3,4)5)63-52(57)45-43-41-39-37-35-32-19-17-15-13-11-9-7-2/h9,11,15,17-18,20,22-23,32,35,39,41,50,54H,6-8,10,12-14,16,19,21,24-31,33-34,36-38,40,42-49H2,1-5H3/p+1/b11-9-,17-15-,20-18-,23-22-,35-32-,41-39-. The zero-order valence-electron chi connectivity index (χ0n) is 41.0. The Hall–Kier alpha value is -3.27. The average molecular weight is 885 g/mol. The van der Waals surface area contributed by atoms with E-state index in [1.54, 1.807) is 0 Å². The summed E-state index contributed by atoms with van der Waals surface area (Å²) in [4.78, 5) is 37.1. The molecule has 0 aromatic rings. The molecular weight excluding hydrogens is 791 g/mol. The number of quaternary nitrogens is 1. The van der Waals surface area contributed by atoms with Gasteiger partial charge in [0.1, 0.15) is 13.2 Å². The number of carboxylic acids is 1. The fraction of sp³-hybridized carbons (Fsp3) is 0.722. The highest BCUT2D eigenvalue weighted by Gasteiger charge is 2.25. The van der Waals surface area contributed by atoms with Crippen molar-refractivity contribution in [3.63, 3.8) is 0 Å². The van der Waals surface area contributed by atoms with Crippen LogP contribution in [0.3, 0.4) is 0 Å². The van der Waals surface area contributed by atoms with Crippen LogP contribution in [0.2, 0.25) is 0 Å². The van der Waals surface area contributed by atoms with E-state index < -0.39 is 24.3 Å². The summed E-state index contributed by atoms with van der Waals surface area (Å²) in [6.45, 7) is 4.65. The van der Waals surface area contributed by atoms with Crippen LogP contribution in [0.15, 0.2) is 72.9 Å². The van der Waals surface area contributed by atoms with Gasteiger partial charge in [-0.3, -0.25) is 9.59 Å². The maximum Gasteiger partial charge on any atom is 0.361 e. The van der Waals surface area contributed by atoms with Crippen LogP contribution in [-0.2, 0) is 33.3 Å². The predicted molar refractivity (Wildman–Crippen MR) is 263 cm³/mol. The van der Waals surface area contributed by atoms with Crippen molar-refractivity contribution in [3.8, 4) is 0 Å². The Kier molecular flexibility index (Phi) is 43.0. The molecule has 0 heterocycles. The molecule has 0 radical (unpaired) electrons. The second-order valence-electron chi connectivity index (χ2n) is 17.7. The molecule has 362 valence electrons. The number of allylic oxidation sites excluding steroid dienone is 12. The number of aliphatic carboxylic acids is 1. The summed E-state index contributed by atoms with van der Waals surface area (Å²) < 4.78 is 22.7. The van der Waals surface area contributed by atoms with Crippen LogP contribution in [0.5, 0.6) is 0 Å². The SMILES string of the molecule is CC/C=C\C/C=C\C/C=C\C/C=C\CCC(=O)OC(COC(=O)CCCCCCCCCCCCCCC/C=C\C/C=C\CCCCCCC)COC(OCC[N+](C)(C)C)C(=O)O. The van der Waals surface area contributed by atoms with Crippen molar-refractivity contribution >= 4 is 17.9 Å². The fourth-order valence-electron chi connectivity index (χ4n) is 6.59. The third-order valence-electron chi connectivity index (χ3n) is 10.5. The molecule has 0 rings (SSSR count). The second-order valence-corrected chi connectivity index (χ2v) is 17.7. The van der Waals surface area contributed by atoms with E-state index in [2.05, 4.69) is 74.6 Å². The van der Waals surface area contributed by atoms with Gasteiger partial charge in [-0.15, -0.1) is 0 Å². The molecule has 0 saturated heterocycles. The van der Waals surface area contributed by atoms with Gasteiger partial charge in [0.05, 0.1) is 34.4 Å². The molecule has 0 aromatic carbocycles. The minimum absolute atomic E-state index is 0.136. The maximum atomic E-state index is 12.7. The lowest BCUT2D eigenvalue weighted by Gasteiger charge is -2.25. The third kappa shape index (κ3) is 46.5. The Morgan fingerprint density at radius 2 is 0.937 bits per heavy atom. The van der Waals surface area contributed by atoms with Crippen molar-refractivity contribution in [3.05, 3.63) is 72.9 Å². The van der Waals surface area contributed by atoms with Crippen LogP contribution in [0.4, 0.5) is 0 Å². The zero-order chi connectivity index (χ0) is 46.3. The molecule has 63 heavy (non-hydrogen) atoms. The van der Waals surface area contributed by atoms with E-state index in [0.29, 0.717) is 17.4 Å². The summed E-state index contributed by atoms with van der Waals surface area (Å²) in [6, 6.07) is 0. The normalized spacial score (nSPS) is 13.5. The van der Waals surface area contributed by atoms with Gasteiger partial charge in [0.25, 0.3) is 6.29 Å². The van der Waals surface area contributed by atoms with Crippen LogP contribution < -0.4 is 0 Å². The minimum atomic E-state index is -1.53. The average Bonchev–Trinajstić information content (AvgIpc) is 3.24. The van der Waals surface area contributed by atoms with E-state index in [9.17, 15) is 19.5 Å². The van der Waals surface area contributed by atoms with Crippen molar-refractivity contribution in [2.24, 2.45) is 0 Å². The highest BCUT2D eigenvalue weighted by atomic mass is 16.7. The molecule has 0 spiro atoms. The molecule has 2 unspecified atom stereocenters. The molecule has 2 atom stereocenters. The lowest BCUT2D eigenvalue weighted by molar-refractivity contribution is -0.870. The molecule has 1 N–H and O–H groups in total. The number of carbonyl (C=O) groups excluding carboxylic acids is 2. The van der Waals surface area contributed by atoms with Gasteiger partial charge in [0, 0.05) is 12.8 Å². The van der Waals surface area contributed by atoms with Crippen molar-refractivity contribution in [1.82, 2.24) is 0 Å². The van der Waals surface area contributed by atoms with E-state index in [4.69, 9.17) is 18.9 Å². The number of rotatable bonds is 45. The Morgan fingerprint density at radius 3 is 1.41 bits per heavy atom. The zero-order valence-corrected chi connectivity index (χ0v) is 41.0. The van der Waals surface area contributed by atoms with Crippen molar-refractivity contribution in [2.75, 3.05) is 47.5 Å². The molecule has 0 aliphatic heterocycles. The molecule has 0 fully saturated rings. The highest BCUT2D eigenvalue weighted by molar-refractivity contribution is 5.71. The molecule has 0 aliphatic rings. The largest absolute Gasteiger partial charge is 0.477 e. The molecule has 0 amide bonds. The van der Waals surface area contributed by atoms with Crippen molar-refractivity contribution in [1.29, 1.82) is 0 Å². The summed E-state index contributed by atoms with van der Waals surface area (Å²) in [7, 11) is 5.93. The number of unbranched alkanes of at least 4 members (excludes halogenated alkanes) is 18. The first-order valence-electron chi connectivity index (χ1n) is 25.1. The highest BCUT2D eigenvalue weighted by Crippen LogP contribution is 2.15. The van der Waals surface area contributed by atoms with Crippen molar-refractivity contribution < 1.29 is 42.9 Å². The number of likely N-dealkylation sites (N-methyl/N-ethyl adjacent to an activating group) is 1. The van der Waals surface area contributed by atoms with Crippen LogP contribution in [0.25, 0.3) is 0 Å². The lowest BCUT2D eigenvalue weighted by Crippen LogP contribution is -2.40. The molecule has 0 aromatic heterocycles. The molecule has 9 nitrogen and oxygen atoms in total. The number of esters is 2. The number of carboxylic acid groups (broad SMARTS) is 1. The summed E-state index contributed by atoms with van der Waals surface area (Å²) in [5.41, 5.74) is 0. The minimum Gasteiger partial charge on any atom is -0.477 e. The van der Waals surface area contributed by atoms with E-state index in [1.165, 1.54) is 109 Å². The molecular formula is C54H94NO8+. The van der Waals surface area contributed by atoms with Gasteiger partial charge in [0.2, 0.25) is 0 Å². The summed E-state index contributed by atoms with van der Waals surface area (Å²) in [6.07, 6.45) is 54.3. The number of hydrogen-bond acceptors (Lipinski definition) is 7. The quantitative estimate of drug-likeness (QED) is 0.0212. The third-order valence-corrected chi connectivity index (χ3v) is 10.5. The lowest BCUT2D eigenvalue weighted by atomic mass is 10.0. The maximum absolute atomic E-state index is 12.7. The van der Waals surface area contributed by atoms with Crippen LogP contribution in [0, 0.1) is 0 Å². The smallest absolute Gasteiger partial charge is 0.361 e. The van der Waals surface area contributed by atoms with Gasteiger partial charge in [0.15, 0.2) is 6.10 Å². The Bertz CT molecular complexity index is 1260. The van der Waals surface area contributed by atoms with E-state index >= 15 is 0 Å². The first-order chi connectivity index (χ1) is 30.6. The monoisotopic (exact) mass is 885 g/mol. The van der Waals surface area contributed by atoms with E-state index in [-0.39, 0.29) is 38.6 Å². The Labute approximate surface area is 386 Å². The Morgan fingerprint density at radius 1 is 0.492 bits per heavy atom. The second kappa shape index (κ2) is 45.3. The number of ether oxygens (including phenoxy) is 4. The Balaban J connectivity index is 4.30. The van der Waals surface area contributed by atoms with Gasteiger partial charge in [-0.1, -0.05) is 183 Å². The first kappa shape index (κ1) is 59.7. The molecule has 0 bridgehead atoms. The van der Waals surface area contributed by atoms with Gasteiger partial charge in [-0.2, -0.15) is 0 Å². The fourth-order valence-corrected chi connectivity index (χ4v) is 6.59. The van der Waals surface area contributed by atoms with Crippen LogP contribution in [0.1, 0.15) is 194 Å². The van der Waals surface area contributed by atoms with Crippen LogP contribution in [-0.4, -0.2) is 87.4 Å². The number of nitrogens with zero attached hydrogens (tertiary/aromatic N) is 1. The van der Waals surface area contributed by atoms with Gasteiger partial charge in [-0.05, 0) is 70.6 Å². The van der Waals surface area contributed by atoms with Gasteiger partial charge < -0.3 is 28.5 Å². The number of hydrogen-bond donors (Lipinski definition) is 1.